The second-order valence-corrected chi connectivity index (χ2v) is 6.19. The van der Waals surface area contributed by atoms with Crippen molar-refractivity contribution in [2.75, 3.05) is 27.4 Å². The summed E-state index contributed by atoms with van der Waals surface area (Å²) in [7, 11) is 3.94. The van der Waals surface area contributed by atoms with Crippen LogP contribution in [0.2, 0.25) is 5.02 Å². The first-order chi connectivity index (χ1) is 11.6. The molecule has 1 aliphatic rings. The lowest BCUT2D eigenvalue weighted by Crippen LogP contribution is -2.34. The fourth-order valence-corrected chi connectivity index (χ4v) is 2.87. The van der Waals surface area contributed by atoms with Crippen molar-refractivity contribution >= 4 is 17.5 Å². The summed E-state index contributed by atoms with van der Waals surface area (Å²) in [6, 6.07) is 12.8. The normalized spacial score (nSPS) is 13.8. The summed E-state index contributed by atoms with van der Waals surface area (Å²) in [5.41, 5.74) is 1.52. The van der Waals surface area contributed by atoms with Crippen LogP contribution in [0.4, 0.5) is 0 Å². The van der Waals surface area contributed by atoms with Crippen molar-refractivity contribution in [3.05, 3.63) is 58.6 Å². The van der Waals surface area contributed by atoms with Crippen LogP contribution in [0.3, 0.4) is 0 Å². The molecule has 126 valence electrons. The number of nitrogens with one attached hydrogen (secondary N) is 1. The Kier molecular flexibility index (Phi) is 4.92. The van der Waals surface area contributed by atoms with Crippen LogP contribution >= 0.6 is 11.6 Å². The van der Waals surface area contributed by atoms with E-state index < -0.39 is 0 Å². The van der Waals surface area contributed by atoms with Gasteiger partial charge < -0.3 is 19.7 Å². The Balaban J connectivity index is 1.73. The van der Waals surface area contributed by atoms with Gasteiger partial charge in [0.25, 0.3) is 5.91 Å². The van der Waals surface area contributed by atoms with Crippen LogP contribution in [0, 0.1) is 0 Å². The van der Waals surface area contributed by atoms with Gasteiger partial charge in [-0.1, -0.05) is 29.8 Å². The van der Waals surface area contributed by atoms with Crippen molar-refractivity contribution in [3.8, 4) is 11.5 Å². The van der Waals surface area contributed by atoms with Crippen LogP contribution in [0.1, 0.15) is 22.0 Å². The number of fused-ring (bicyclic) bond motifs is 1. The molecule has 0 unspecified atom stereocenters. The van der Waals surface area contributed by atoms with Gasteiger partial charge in [0.15, 0.2) is 11.5 Å². The van der Waals surface area contributed by atoms with Crippen molar-refractivity contribution in [3.63, 3.8) is 0 Å². The summed E-state index contributed by atoms with van der Waals surface area (Å²) >= 11 is 6.08. The maximum absolute atomic E-state index is 12.4. The number of rotatable bonds is 5. The zero-order valence-corrected chi connectivity index (χ0v) is 14.3. The first kappa shape index (κ1) is 16.6. The lowest BCUT2D eigenvalue weighted by Gasteiger charge is -2.25. The number of likely N-dealkylation sites (N-methyl/N-ethyl adjacent to an activating group) is 1. The Morgan fingerprint density at radius 1 is 1.21 bits per heavy atom. The Labute approximate surface area is 146 Å². The van der Waals surface area contributed by atoms with E-state index in [1.807, 2.05) is 37.2 Å². The number of ether oxygens (including phenoxy) is 2. The lowest BCUT2D eigenvalue weighted by molar-refractivity contribution is 0.0942. The number of carbonyl (C=O) groups excluding carboxylic acids is 1. The summed E-state index contributed by atoms with van der Waals surface area (Å²) in [5.74, 6) is 1.29. The lowest BCUT2D eigenvalue weighted by atomic mass is 10.0. The molecule has 24 heavy (non-hydrogen) atoms. The highest BCUT2D eigenvalue weighted by atomic mass is 35.5. The van der Waals surface area contributed by atoms with Gasteiger partial charge in [0, 0.05) is 6.54 Å². The zero-order valence-electron chi connectivity index (χ0n) is 13.6. The van der Waals surface area contributed by atoms with Crippen LogP contribution in [0.25, 0.3) is 0 Å². The van der Waals surface area contributed by atoms with Crippen LogP contribution in [-0.4, -0.2) is 38.2 Å². The van der Waals surface area contributed by atoms with Crippen molar-refractivity contribution in [2.24, 2.45) is 0 Å². The van der Waals surface area contributed by atoms with Gasteiger partial charge in [-0.05, 0) is 43.9 Å². The van der Waals surface area contributed by atoms with Crippen LogP contribution in [0.5, 0.6) is 11.5 Å². The van der Waals surface area contributed by atoms with Gasteiger partial charge in [-0.15, -0.1) is 0 Å². The number of nitrogens with zero attached hydrogens (tertiary/aromatic N) is 1. The van der Waals surface area contributed by atoms with Crippen LogP contribution < -0.4 is 14.8 Å². The topological polar surface area (TPSA) is 50.8 Å². The maximum atomic E-state index is 12.4. The van der Waals surface area contributed by atoms with E-state index in [0.717, 1.165) is 17.1 Å². The van der Waals surface area contributed by atoms with E-state index in [9.17, 15) is 4.79 Å². The standard InChI is InChI=1S/C18H19ClN2O3/c1-21(2)15(12-7-8-16-17(9-12)24-11-23-16)10-20-18(22)13-5-3-4-6-14(13)19/h3-9,15H,10-11H2,1-2H3,(H,20,22)/t15-/m0/s1. The molecule has 0 spiro atoms. The van der Waals surface area contributed by atoms with Crippen molar-refractivity contribution in [2.45, 2.75) is 6.04 Å². The minimum Gasteiger partial charge on any atom is -0.454 e. The summed E-state index contributed by atoms with van der Waals surface area (Å²) in [6.07, 6.45) is 0. The smallest absolute Gasteiger partial charge is 0.252 e. The van der Waals surface area contributed by atoms with Gasteiger partial charge in [-0.25, -0.2) is 0 Å². The summed E-state index contributed by atoms with van der Waals surface area (Å²) in [4.78, 5) is 14.4. The second kappa shape index (κ2) is 7.11. The number of amides is 1. The zero-order chi connectivity index (χ0) is 17.1. The molecule has 2 aromatic rings. The van der Waals surface area contributed by atoms with Gasteiger partial charge in [0.1, 0.15) is 0 Å². The highest BCUT2D eigenvalue weighted by molar-refractivity contribution is 6.33. The molecule has 0 saturated carbocycles. The largest absolute Gasteiger partial charge is 0.454 e. The minimum atomic E-state index is -0.187. The first-order valence-electron chi connectivity index (χ1n) is 7.65. The average Bonchev–Trinajstić information content (AvgIpc) is 3.02. The molecule has 1 atom stereocenters. The third-order valence-electron chi connectivity index (χ3n) is 3.98. The summed E-state index contributed by atoms with van der Waals surface area (Å²) in [5, 5.41) is 3.39. The van der Waals surface area contributed by atoms with Crippen LogP contribution in [-0.2, 0) is 0 Å². The Morgan fingerprint density at radius 2 is 1.96 bits per heavy atom. The van der Waals surface area contributed by atoms with E-state index in [1.54, 1.807) is 24.3 Å². The second-order valence-electron chi connectivity index (χ2n) is 5.78. The van der Waals surface area contributed by atoms with Crippen LogP contribution in [0.15, 0.2) is 42.5 Å². The molecule has 3 rings (SSSR count). The van der Waals surface area contributed by atoms with Gasteiger partial charge in [0.2, 0.25) is 6.79 Å². The predicted molar refractivity (Wildman–Crippen MR) is 92.8 cm³/mol. The number of hydrogen-bond donors (Lipinski definition) is 1. The Morgan fingerprint density at radius 3 is 2.71 bits per heavy atom. The first-order valence-corrected chi connectivity index (χ1v) is 8.03. The number of carbonyl (C=O) groups is 1. The van der Waals surface area contributed by atoms with Gasteiger partial charge in [-0.3, -0.25) is 4.79 Å². The van der Waals surface area contributed by atoms with E-state index in [4.69, 9.17) is 21.1 Å². The molecule has 1 N–H and O–H groups in total. The molecule has 0 aromatic heterocycles. The third-order valence-corrected chi connectivity index (χ3v) is 4.31. The van der Waals surface area contributed by atoms with E-state index in [-0.39, 0.29) is 18.7 Å². The van der Waals surface area contributed by atoms with Gasteiger partial charge in [0.05, 0.1) is 16.6 Å². The molecule has 0 radical (unpaired) electrons. The quantitative estimate of drug-likeness (QED) is 0.903. The van der Waals surface area contributed by atoms with E-state index >= 15 is 0 Å². The summed E-state index contributed by atoms with van der Waals surface area (Å²) in [6.45, 7) is 0.700. The highest BCUT2D eigenvalue weighted by Gasteiger charge is 2.20. The molecular weight excluding hydrogens is 328 g/mol. The molecular formula is C18H19ClN2O3. The molecule has 2 aromatic carbocycles. The number of benzene rings is 2. The molecule has 0 fully saturated rings. The number of halogens is 1. The Hall–Kier alpha value is -2.24. The molecule has 6 heteroatoms. The third kappa shape index (κ3) is 3.47. The molecule has 1 heterocycles. The van der Waals surface area contributed by atoms with Crippen molar-refractivity contribution < 1.29 is 14.3 Å². The maximum Gasteiger partial charge on any atom is 0.252 e. The minimum absolute atomic E-state index is 0.00550. The van der Waals surface area contributed by atoms with E-state index in [0.29, 0.717) is 17.1 Å². The monoisotopic (exact) mass is 346 g/mol. The molecule has 0 aliphatic carbocycles. The SMILES string of the molecule is CN(C)[C@@H](CNC(=O)c1ccccc1Cl)c1ccc2c(c1)OCO2. The van der Waals surface area contributed by atoms with Crippen molar-refractivity contribution in [1.29, 1.82) is 0 Å². The van der Waals surface area contributed by atoms with E-state index in [2.05, 4.69) is 5.32 Å². The fourth-order valence-electron chi connectivity index (χ4n) is 2.65. The number of hydrogen-bond acceptors (Lipinski definition) is 4. The summed E-state index contributed by atoms with van der Waals surface area (Å²) < 4.78 is 10.8. The molecule has 1 aliphatic heterocycles. The molecule has 1 amide bonds. The van der Waals surface area contributed by atoms with Gasteiger partial charge in [-0.2, -0.15) is 0 Å². The van der Waals surface area contributed by atoms with E-state index in [1.165, 1.54) is 0 Å². The molecule has 0 saturated heterocycles. The molecule has 0 bridgehead atoms. The van der Waals surface area contributed by atoms with Crippen molar-refractivity contribution in [1.82, 2.24) is 10.2 Å². The average molecular weight is 347 g/mol. The highest BCUT2D eigenvalue weighted by Crippen LogP contribution is 2.35. The fraction of sp³-hybridized carbons (Fsp3) is 0.278. The molecule has 5 nitrogen and oxygen atoms in total. The van der Waals surface area contributed by atoms with Gasteiger partial charge >= 0.3 is 0 Å². The predicted octanol–water partition coefficient (Wildman–Crippen LogP) is 3.10. The Bertz CT molecular complexity index is 749.